The molecule has 19 heavy (non-hydrogen) atoms. The number of hydrogen-bond donors (Lipinski definition) is 1. The van der Waals surface area contributed by atoms with Crippen LogP contribution in [0.2, 0.25) is 0 Å². The second-order valence-corrected chi connectivity index (χ2v) is 4.45. The Bertz CT molecular complexity index is 675. The van der Waals surface area contributed by atoms with Gasteiger partial charge < -0.3 is 5.32 Å². The van der Waals surface area contributed by atoms with Crippen LogP contribution in [0.25, 0.3) is 11.0 Å². The first-order chi connectivity index (χ1) is 9.36. The Kier molecular flexibility index (Phi) is 3.20. The first-order valence-electron chi connectivity index (χ1n) is 6.21. The number of nitrogens with zero attached hydrogens (tertiary/aromatic N) is 4. The summed E-state index contributed by atoms with van der Waals surface area (Å²) in [5.41, 5.74) is 3.19. The van der Waals surface area contributed by atoms with Crippen LogP contribution >= 0.6 is 0 Å². The van der Waals surface area contributed by atoms with Gasteiger partial charge in [0.05, 0.1) is 12.7 Å². The Hall–Kier alpha value is -2.27. The van der Waals surface area contributed by atoms with E-state index in [1.165, 1.54) is 0 Å². The summed E-state index contributed by atoms with van der Waals surface area (Å²) in [6.07, 6.45) is 7.37. The highest BCUT2D eigenvalue weighted by atomic mass is 15.3. The van der Waals surface area contributed by atoms with Crippen LogP contribution < -0.4 is 5.32 Å². The largest absolute Gasteiger partial charge is 0.316 e. The number of pyridine rings is 2. The Morgan fingerprint density at radius 2 is 2.16 bits per heavy atom. The van der Waals surface area contributed by atoms with Gasteiger partial charge in [-0.05, 0) is 30.3 Å². The SMILES string of the molecule is CNCc1cnc2c(cnn2Cc2cccnc2)c1. The molecule has 0 amide bonds. The first-order valence-corrected chi connectivity index (χ1v) is 6.21. The van der Waals surface area contributed by atoms with Gasteiger partial charge in [0.1, 0.15) is 0 Å². The van der Waals surface area contributed by atoms with Gasteiger partial charge in [-0.2, -0.15) is 5.10 Å². The maximum atomic E-state index is 4.50. The molecule has 0 radical (unpaired) electrons. The molecule has 0 saturated carbocycles. The van der Waals surface area contributed by atoms with Crippen LogP contribution in [0.3, 0.4) is 0 Å². The predicted molar refractivity (Wildman–Crippen MR) is 73.6 cm³/mol. The molecule has 3 heterocycles. The molecule has 96 valence electrons. The molecular formula is C14H15N5. The average Bonchev–Trinajstić information content (AvgIpc) is 2.83. The van der Waals surface area contributed by atoms with E-state index < -0.39 is 0 Å². The third-order valence-corrected chi connectivity index (χ3v) is 2.97. The van der Waals surface area contributed by atoms with Crippen molar-refractivity contribution >= 4 is 11.0 Å². The van der Waals surface area contributed by atoms with E-state index >= 15 is 0 Å². The second-order valence-electron chi connectivity index (χ2n) is 4.45. The normalized spacial score (nSPS) is 11.0. The molecule has 5 heteroatoms. The standard InChI is InChI=1S/C14H15N5/c1-15-6-12-5-13-9-18-19(14(13)17-8-12)10-11-3-2-4-16-7-11/h2-5,7-9,15H,6,10H2,1H3. The molecule has 0 aliphatic carbocycles. The van der Waals surface area contributed by atoms with E-state index in [0.29, 0.717) is 6.54 Å². The summed E-state index contributed by atoms with van der Waals surface area (Å²) < 4.78 is 1.90. The lowest BCUT2D eigenvalue weighted by Crippen LogP contribution is -2.06. The van der Waals surface area contributed by atoms with E-state index in [0.717, 1.165) is 28.7 Å². The van der Waals surface area contributed by atoms with Crippen molar-refractivity contribution in [2.24, 2.45) is 0 Å². The highest BCUT2D eigenvalue weighted by Gasteiger charge is 2.05. The summed E-state index contributed by atoms with van der Waals surface area (Å²) in [6, 6.07) is 6.08. The van der Waals surface area contributed by atoms with Crippen molar-refractivity contribution < 1.29 is 0 Å². The van der Waals surface area contributed by atoms with Crippen molar-refractivity contribution in [1.29, 1.82) is 0 Å². The Morgan fingerprint density at radius 1 is 1.21 bits per heavy atom. The Balaban J connectivity index is 1.93. The fourth-order valence-corrected chi connectivity index (χ4v) is 2.10. The number of nitrogens with one attached hydrogen (secondary N) is 1. The van der Waals surface area contributed by atoms with Crippen molar-refractivity contribution in [1.82, 2.24) is 25.1 Å². The fraction of sp³-hybridized carbons (Fsp3) is 0.214. The van der Waals surface area contributed by atoms with Crippen molar-refractivity contribution in [2.75, 3.05) is 7.05 Å². The van der Waals surface area contributed by atoms with Crippen molar-refractivity contribution in [2.45, 2.75) is 13.1 Å². The fourth-order valence-electron chi connectivity index (χ4n) is 2.10. The molecule has 0 bridgehead atoms. The molecule has 0 aliphatic heterocycles. The molecule has 0 atom stereocenters. The van der Waals surface area contributed by atoms with E-state index in [1.54, 1.807) is 6.20 Å². The van der Waals surface area contributed by atoms with Gasteiger partial charge in [-0.1, -0.05) is 6.07 Å². The van der Waals surface area contributed by atoms with Crippen molar-refractivity contribution in [3.63, 3.8) is 0 Å². The van der Waals surface area contributed by atoms with Crippen LogP contribution in [0.1, 0.15) is 11.1 Å². The zero-order valence-corrected chi connectivity index (χ0v) is 10.7. The quantitative estimate of drug-likeness (QED) is 0.767. The molecule has 0 fully saturated rings. The molecule has 0 unspecified atom stereocenters. The van der Waals surface area contributed by atoms with Crippen LogP contribution in [0, 0.1) is 0 Å². The second kappa shape index (κ2) is 5.16. The molecule has 0 spiro atoms. The predicted octanol–water partition coefficient (Wildman–Crippen LogP) is 1.59. The van der Waals surface area contributed by atoms with Gasteiger partial charge in [-0.3, -0.25) is 4.98 Å². The van der Waals surface area contributed by atoms with Gasteiger partial charge in [0, 0.05) is 30.5 Å². The lowest BCUT2D eigenvalue weighted by atomic mass is 10.2. The van der Waals surface area contributed by atoms with E-state index in [-0.39, 0.29) is 0 Å². The zero-order chi connectivity index (χ0) is 13.1. The smallest absolute Gasteiger partial charge is 0.158 e. The maximum absolute atomic E-state index is 4.50. The summed E-state index contributed by atoms with van der Waals surface area (Å²) >= 11 is 0. The number of fused-ring (bicyclic) bond motifs is 1. The number of rotatable bonds is 4. The van der Waals surface area contributed by atoms with Gasteiger partial charge in [0.15, 0.2) is 5.65 Å². The third-order valence-electron chi connectivity index (χ3n) is 2.97. The minimum atomic E-state index is 0.690. The van der Waals surface area contributed by atoms with E-state index in [9.17, 15) is 0 Å². The molecule has 3 aromatic heterocycles. The van der Waals surface area contributed by atoms with Crippen LogP contribution in [-0.2, 0) is 13.1 Å². The molecule has 0 saturated heterocycles. The molecule has 1 N–H and O–H groups in total. The molecule has 3 aromatic rings. The van der Waals surface area contributed by atoms with Gasteiger partial charge in [0.2, 0.25) is 0 Å². The monoisotopic (exact) mass is 253 g/mol. The van der Waals surface area contributed by atoms with Crippen molar-refractivity contribution in [3.05, 3.63) is 54.1 Å². The van der Waals surface area contributed by atoms with Crippen LogP contribution in [-0.4, -0.2) is 26.8 Å². The van der Waals surface area contributed by atoms with E-state index in [4.69, 9.17) is 0 Å². The highest BCUT2D eigenvalue weighted by molar-refractivity contribution is 5.75. The number of hydrogen-bond acceptors (Lipinski definition) is 4. The third kappa shape index (κ3) is 2.46. The lowest BCUT2D eigenvalue weighted by Gasteiger charge is -2.03. The molecule has 3 rings (SSSR count). The molecular weight excluding hydrogens is 238 g/mol. The van der Waals surface area contributed by atoms with Crippen LogP contribution in [0.15, 0.2) is 43.0 Å². The Labute approximate surface area is 111 Å². The summed E-state index contributed by atoms with van der Waals surface area (Å²) in [6.45, 7) is 1.51. The average molecular weight is 253 g/mol. The number of aromatic nitrogens is 4. The summed E-state index contributed by atoms with van der Waals surface area (Å²) in [4.78, 5) is 8.61. The Morgan fingerprint density at radius 3 is 2.95 bits per heavy atom. The molecule has 5 nitrogen and oxygen atoms in total. The zero-order valence-electron chi connectivity index (χ0n) is 10.7. The topological polar surface area (TPSA) is 55.6 Å². The summed E-state index contributed by atoms with van der Waals surface area (Å²) in [7, 11) is 1.93. The van der Waals surface area contributed by atoms with Crippen LogP contribution in [0.5, 0.6) is 0 Å². The maximum Gasteiger partial charge on any atom is 0.158 e. The molecule has 0 aromatic carbocycles. The van der Waals surface area contributed by atoms with Gasteiger partial charge >= 0.3 is 0 Å². The van der Waals surface area contributed by atoms with Crippen LogP contribution in [0.4, 0.5) is 0 Å². The first kappa shape index (κ1) is 11.8. The van der Waals surface area contributed by atoms with Gasteiger partial charge in [0.25, 0.3) is 0 Å². The van der Waals surface area contributed by atoms with Gasteiger partial charge in [-0.25, -0.2) is 9.67 Å². The minimum Gasteiger partial charge on any atom is -0.316 e. The molecule has 0 aliphatic rings. The van der Waals surface area contributed by atoms with Gasteiger partial charge in [-0.15, -0.1) is 0 Å². The summed E-state index contributed by atoms with van der Waals surface area (Å²) in [5.74, 6) is 0. The lowest BCUT2D eigenvalue weighted by molar-refractivity contribution is 0.701. The van der Waals surface area contributed by atoms with E-state index in [1.807, 2.05) is 42.5 Å². The van der Waals surface area contributed by atoms with Crippen molar-refractivity contribution in [3.8, 4) is 0 Å². The summed E-state index contributed by atoms with van der Waals surface area (Å²) in [5, 5.41) is 8.58. The van der Waals surface area contributed by atoms with E-state index in [2.05, 4.69) is 26.4 Å². The highest BCUT2D eigenvalue weighted by Crippen LogP contribution is 2.14. The minimum absolute atomic E-state index is 0.690.